The van der Waals surface area contributed by atoms with Crippen LogP contribution in [0.15, 0.2) is 66.2 Å². The smallest absolute Gasteiger partial charge is 0.295 e. The largest absolute Gasteiger partial charge is 0.507 e. The summed E-state index contributed by atoms with van der Waals surface area (Å²) in [5.74, 6) is -0.226. The molecule has 2 heterocycles. The number of carbonyl (C=O) groups is 2. The van der Waals surface area contributed by atoms with Crippen molar-refractivity contribution >= 4 is 28.2 Å². The highest BCUT2D eigenvalue weighted by atomic mass is 16.6. The first kappa shape index (κ1) is 21.1. The normalized spacial score (nSPS) is 19.3. The van der Waals surface area contributed by atoms with E-state index >= 15 is 0 Å². The summed E-state index contributed by atoms with van der Waals surface area (Å²) < 4.78 is 11.4. The van der Waals surface area contributed by atoms with E-state index in [1.165, 1.54) is 0 Å². The van der Waals surface area contributed by atoms with Crippen LogP contribution in [-0.2, 0) is 9.59 Å². The number of likely N-dealkylation sites (tertiary alicyclic amines) is 1. The summed E-state index contributed by atoms with van der Waals surface area (Å²) in [7, 11) is 0. The fraction of sp³-hybridized carbons (Fsp3) is 0.259. The number of aliphatic hydroxyl groups excluding tert-OH is 1. The highest BCUT2D eigenvalue weighted by Gasteiger charge is 2.46. The van der Waals surface area contributed by atoms with Crippen LogP contribution in [0.1, 0.15) is 36.9 Å². The second-order valence-electron chi connectivity index (χ2n) is 8.31. The zero-order valence-corrected chi connectivity index (χ0v) is 18.4. The first-order chi connectivity index (χ1) is 16.1. The molecule has 2 aliphatic heterocycles. The third-order valence-corrected chi connectivity index (χ3v) is 6.20. The maximum atomic E-state index is 13.2. The molecule has 1 amide bonds. The molecule has 5 rings (SSSR count). The number of amides is 1. The molecule has 1 unspecified atom stereocenters. The molecule has 6 heteroatoms. The van der Waals surface area contributed by atoms with Crippen molar-refractivity contribution in [2.75, 3.05) is 19.8 Å². The summed E-state index contributed by atoms with van der Waals surface area (Å²) in [6, 6.07) is 18.0. The molecule has 3 aromatic carbocycles. The number of unbranched alkanes of at least 4 members (excludes halogenated alkanes) is 1. The Bertz CT molecular complexity index is 1280. The minimum Gasteiger partial charge on any atom is -0.507 e. The van der Waals surface area contributed by atoms with E-state index in [9.17, 15) is 14.7 Å². The fourth-order valence-corrected chi connectivity index (χ4v) is 4.51. The van der Waals surface area contributed by atoms with Gasteiger partial charge in [0.05, 0.1) is 11.6 Å². The highest BCUT2D eigenvalue weighted by Crippen LogP contribution is 2.42. The van der Waals surface area contributed by atoms with Crippen LogP contribution >= 0.6 is 0 Å². The predicted molar refractivity (Wildman–Crippen MR) is 125 cm³/mol. The molecule has 3 aromatic rings. The average molecular weight is 443 g/mol. The van der Waals surface area contributed by atoms with Crippen molar-refractivity contribution in [3.05, 3.63) is 77.4 Å². The van der Waals surface area contributed by atoms with Gasteiger partial charge < -0.3 is 19.5 Å². The Labute approximate surface area is 192 Å². The summed E-state index contributed by atoms with van der Waals surface area (Å²) in [6.45, 7) is 3.37. The molecule has 0 bridgehead atoms. The number of hydrogen-bond donors (Lipinski definition) is 1. The van der Waals surface area contributed by atoms with E-state index < -0.39 is 17.7 Å². The van der Waals surface area contributed by atoms with E-state index in [4.69, 9.17) is 9.47 Å². The topological polar surface area (TPSA) is 76.1 Å². The molecule has 0 radical (unpaired) electrons. The number of Topliss-reactive ketones (excluding diaryl/α,β-unsaturated/α-hetero) is 1. The number of hydrogen-bond acceptors (Lipinski definition) is 5. The van der Waals surface area contributed by atoms with Crippen LogP contribution < -0.4 is 9.47 Å². The van der Waals surface area contributed by atoms with Crippen LogP contribution in [0.2, 0.25) is 0 Å². The number of fused-ring (bicyclic) bond motifs is 2. The summed E-state index contributed by atoms with van der Waals surface area (Å²) in [4.78, 5) is 27.7. The number of rotatable bonds is 5. The van der Waals surface area contributed by atoms with E-state index in [1.807, 2.05) is 49.4 Å². The highest BCUT2D eigenvalue weighted by molar-refractivity contribution is 6.46. The van der Waals surface area contributed by atoms with Gasteiger partial charge in [0.15, 0.2) is 11.5 Å². The van der Waals surface area contributed by atoms with Crippen LogP contribution in [-0.4, -0.2) is 41.5 Å². The van der Waals surface area contributed by atoms with Crippen LogP contribution in [0.4, 0.5) is 0 Å². The van der Waals surface area contributed by atoms with Gasteiger partial charge in [-0.25, -0.2) is 0 Å². The maximum Gasteiger partial charge on any atom is 0.295 e. The summed E-state index contributed by atoms with van der Waals surface area (Å²) in [5.41, 5.74) is 1.31. The monoisotopic (exact) mass is 443 g/mol. The number of benzene rings is 3. The van der Waals surface area contributed by atoms with Gasteiger partial charge in [-0.2, -0.15) is 0 Å². The lowest BCUT2D eigenvalue weighted by Crippen LogP contribution is -2.30. The Morgan fingerprint density at radius 1 is 0.970 bits per heavy atom. The number of ketones is 1. The van der Waals surface area contributed by atoms with Crippen molar-refractivity contribution in [3.63, 3.8) is 0 Å². The first-order valence-electron chi connectivity index (χ1n) is 11.3. The predicted octanol–water partition coefficient (Wildman–Crippen LogP) is 4.83. The standard InChI is InChI=1S/C27H25NO5/c1-2-3-12-28-24(19-10-11-21-22(16-19)33-14-13-32-21)23(26(30)27(28)31)25(29)20-9-8-17-6-4-5-7-18(17)15-20/h4-11,15-16,24,29H,2-3,12-14H2,1H3/b25-23-. The molecule has 1 N–H and O–H groups in total. The third kappa shape index (κ3) is 3.71. The number of aliphatic hydroxyl groups is 1. The molecule has 1 saturated heterocycles. The second kappa shape index (κ2) is 8.62. The summed E-state index contributed by atoms with van der Waals surface area (Å²) in [5, 5.41) is 13.3. The Balaban J connectivity index is 1.65. The van der Waals surface area contributed by atoms with E-state index in [1.54, 1.807) is 23.1 Å². The molecular weight excluding hydrogens is 418 g/mol. The van der Waals surface area contributed by atoms with Crippen LogP contribution in [0, 0.1) is 0 Å². The number of carbonyl (C=O) groups excluding carboxylic acids is 2. The molecule has 1 fully saturated rings. The molecule has 2 aliphatic rings. The van der Waals surface area contributed by atoms with Gasteiger partial charge in [0, 0.05) is 12.1 Å². The lowest BCUT2D eigenvalue weighted by atomic mass is 9.94. The van der Waals surface area contributed by atoms with Crippen LogP contribution in [0.5, 0.6) is 11.5 Å². The van der Waals surface area contributed by atoms with Crippen molar-refractivity contribution in [3.8, 4) is 11.5 Å². The number of ether oxygens (including phenoxy) is 2. The van der Waals surface area contributed by atoms with E-state index in [2.05, 4.69) is 0 Å². The van der Waals surface area contributed by atoms with Crippen molar-refractivity contribution in [2.24, 2.45) is 0 Å². The van der Waals surface area contributed by atoms with Gasteiger partial charge in [-0.3, -0.25) is 9.59 Å². The maximum absolute atomic E-state index is 13.2. The lowest BCUT2D eigenvalue weighted by molar-refractivity contribution is -0.139. The van der Waals surface area contributed by atoms with Gasteiger partial charge in [0.25, 0.3) is 11.7 Å². The Morgan fingerprint density at radius 3 is 2.52 bits per heavy atom. The van der Waals surface area contributed by atoms with Crippen molar-refractivity contribution in [1.29, 1.82) is 0 Å². The van der Waals surface area contributed by atoms with Gasteiger partial charge >= 0.3 is 0 Å². The summed E-state index contributed by atoms with van der Waals surface area (Å²) in [6.07, 6.45) is 1.63. The molecule has 168 valence electrons. The SMILES string of the molecule is CCCCN1C(=O)C(=O)/C(=C(\O)c2ccc3ccccc3c2)C1c1ccc2c(c1)OCCO2. The Hall–Kier alpha value is -3.80. The van der Waals surface area contributed by atoms with Gasteiger partial charge in [0.2, 0.25) is 0 Å². The van der Waals surface area contributed by atoms with Gasteiger partial charge in [-0.1, -0.05) is 55.8 Å². The molecule has 1 atom stereocenters. The Morgan fingerprint density at radius 2 is 1.73 bits per heavy atom. The van der Waals surface area contributed by atoms with E-state index in [0.717, 1.165) is 23.6 Å². The fourth-order valence-electron chi connectivity index (χ4n) is 4.51. The minimum absolute atomic E-state index is 0.100. The zero-order valence-electron chi connectivity index (χ0n) is 18.4. The van der Waals surface area contributed by atoms with Gasteiger partial charge in [-0.15, -0.1) is 0 Å². The van der Waals surface area contributed by atoms with Gasteiger partial charge in [0.1, 0.15) is 19.0 Å². The molecule has 0 saturated carbocycles. The van der Waals surface area contributed by atoms with Crippen LogP contribution in [0.3, 0.4) is 0 Å². The van der Waals surface area contributed by atoms with Crippen molar-refractivity contribution in [2.45, 2.75) is 25.8 Å². The molecule has 6 nitrogen and oxygen atoms in total. The van der Waals surface area contributed by atoms with Gasteiger partial charge in [-0.05, 0) is 41.0 Å². The van der Waals surface area contributed by atoms with Crippen molar-refractivity contribution in [1.82, 2.24) is 4.90 Å². The first-order valence-corrected chi connectivity index (χ1v) is 11.3. The Kier molecular flexibility index (Phi) is 5.50. The molecule has 0 spiro atoms. The zero-order chi connectivity index (χ0) is 22.9. The molecule has 33 heavy (non-hydrogen) atoms. The van der Waals surface area contributed by atoms with Crippen LogP contribution in [0.25, 0.3) is 16.5 Å². The summed E-state index contributed by atoms with van der Waals surface area (Å²) >= 11 is 0. The van der Waals surface area contributed by atoms with Crippen molar-refractivity contribution < 1.29 is 24.2 Å². The molecule has 0 aromatic heterocycles. The third-order valence-electron chi connectivity index (χ3n) is 6.20. The lowest BCUT2D eigenvalue weighted by Gasteiger charge is -2.27. The van der Waals surface area contributed by atoms with E-state index in [0.29, 0.717) is 42.4 Å². The second-order valence-corrected chi connectivity index (χ2v) is 8.31. The molecular formula is C27H25NO5. The van der Waals surface area contributed by atoms with E-state index in [-0.39, 0.29) is 11.3 Å². The quantitative estimate of drug-likeness (QED) is 0.347. The molecule has 0 aliphatic carbocycles. The minimum atomic E-state index is -0.696. The average Bonchev–Trinajstić information content (AvgIpc) is 3.11. The number of nitrogens with zero attached hydrogens (tertiary/aromatic N) is 1.